The molecule has 0 saturated carbocycles. The smallest absolute Gasteiger partial charge is 0.264 e. The third-order valence-corrected chi connectivity index (χ3v) is 7.03. The van der Waals surface area contributed by atoms with E-state index in [1.54, 1.807) is 0 Å². The number of ether oxygens (including phenoxy) is 2. The fourth-order valence-electron chi connectivity index (χ4n) is 3.59. The van der Waals surface area contributed by atoms with Crippen molar-refractivity contribution in [2.45, 2.75) is 33.8 Å². The Balaban J connectivity index is 1.54. The Labute approximate surface area is 224 Å². The molecule has 35 heavy (non-hydrogen) atoms. The Morgan fingerprint density at radius 3 is 2.54 bits per heavy atom. The summed E-state index contributed by atoms with van der Waals surface area (Å²) in [5.74, 6) is 1.20. The second-order valence-electron chi connectivity index (χ2n) is 8.04. The molecule has 180 valence electrons. The van der Waals surface area contributed by atoms with E-state index in [-0.39, 0.29) is 5.91 Å². The van der Waals surface area contributed by atoms with Gasteiger partial charge in [-0.15, -0.1) is 0 Å². The van der Waals surface area contributed by atoms with Gasteiger partial charge in [-0.05, 0) is 102 Å². The zero-order valence-electron chi connectivity index (χ0n) is 19.9. The molecule has 0 bridgehead atoms. The SMILES string of the molecule is CCOc1cc(/C=C2\SC(=Nc3ccc(CC)cc3)NC2=O)cc(I)c1OCc1cccc(C)c1. The Hall–Kier alpha value is -2.78. The van der Waals surface area contributed by atoms with E-state index in [9.17, 15) is 4.79 Å². The average Bonchev–Trinajstić information content (AvgIpc) is 3.17. The molecule has 1 fully saturated rings. The molecular weight excluding hydrogens is 571 g/mol. The number of nitrogens with zero attached hydrogens (tertiary/aromatic N) is 1. The number of carbonyl (C=O) groups excluding carboxylic acids is 1. The maximum Gasteiger partial charge on any atom is 0.264 e. The summed E-state index contributed by atoms with van der Waals surface area (Å²) < 4.78 is 13.0. The summed E-state index contributed by atoms with van der Waals surface area (Å²) in [5.41, 5.74) is 5.23. The lowest BCUT2D eigenvalue weighted by atomic mass is 10.1. The van der Waals surface area contributed by atoms with Crippen LogP contribution in [0.3, 0.4) is 0 Å². The molecule has 4 rings (SSSR count). The lowest BCUT2D eigenvalue weighted by molar-refractivity contribution is -0.115. The molecule has 0 radical (unpaired) electrons. The van der Waals surface area contributed by atoms with Crippen LogP contribution in [0.4, 0.5) is 5.69 Å². The molecule has 3 aromatic carbocycles. The highest BCUT2D eigenvalue weighted by atomic mass is 127. The van der Waals surface area contributed by atoms with Crippen LogP contribution < -0.4 is 14.8 Å². The number of benzene rings is 3. The average molecular weight is 599 g/mol. The molecule has 1 heterocycles. The van der Waals surface area contributed by atoms with E-state index in [1.165, 1.54) is 22.9 Å². The molecule has 7 heteroatoms. The summed E-state index contributed by atoms with van der Waals surface area (Å²) in [4.78, 5) is 17.7. The fourth-order valence-corrected chi connectivity index (χ4v) is 5.21. The van der Waals surface area contributed by atoms with Gasteiger partial charge < -0.3 is 14.8 Å². The van der Waals surface area contributed by atoms with Crippen molar-refractivity contribution in [1.29, 1.82) is 0 Å². The Bertz CT molecular complexity index is 1290. The molecule has 5 nitrogen and oxygen atoms in total. The number of halogens is 1. The van der Waals surface area contributed by atoms with Crippen LogP contribution >= 0.6 is 34.4 Å². The number of amides is 1. The topological polar surface area (TPSA) is 59.9 Å². The number of hydrogen-bond donors (Lipinski definition) is 1. The largest absolute Gasteiger partial charge is 0.490 e. The second-order valence-corrected chi connectivity index (χ2v) is 10.2. The van der Waals surface area contributed by atoms with E-state index >= 15 is 0 Å². The van der Waals surface area contributed by atoms with E-state index in [0.29, 0.717) is 34.8 Å². The Morgan fingerprint density at radius 2 is 1.83 bits per heavy atom. The van der Waals surface area contributed by atoms with Crippen molar-refractivity contribution in [3.05, 3.63) is 91.4 Å². The van der Waals surface area contributed by atoms with Gasteiger partial charge in [0.05, 0.1) is 20.8 Å². The third kappa shape index (κ3) is 6.67. The molecular formula is C28H27IN2O3S. The van der Waals surface area contributed by atoms with Gasteiger partial charge >= 0.3 is 0 Å². The molecule has 1 aliphatic rings. The quantitative estimate of drug-likeness (QED) is 0.224. The van der Waals surface area contributed by atoms with Crippen LogP contribution in [0.1, 0.15) is 36.1 Å². The third-order valence-electron chi connectivity index (χ3n) is 5.32. The van der Waals surface area contributed by atoms with E-state index in [1.807, 2.05) is 49.4 Å². The van der Waals surface area contributed by atoms with Gasteiger partial charge in [0.2, 0.25) is 0 Å². The molecule has 1 aliphatic heterocycles. The lowest BCUT2D eigenvalue weighted by Crippen LogP contribution is -2.19. The highest BCUT2D eigenvalue weighted by molar-refractivity contribution is 14.1. The monoisotopic (exact) mass is 598 g/mol. The van der Waals surface area contributed by atoms with Crippen molar-refractivity contribution in [3.63, 3.8) is 0 Å². The summed E-state index contributed by atoms with van der Waals surface area (Å²) >= 11 is 3.58. The minimum Gasteiger partial charge on any atom is -0.490 e. The van der Waals surface area contributed by atoms with Crippen molar-refractivity contribution in [2.75, 3.05) is 6.61 Å². The number of rotatable bonds is 8. The van der Waals surface area contributed by atoms with Gasteiger partial charge in [0.1, 0.15) is 6.61 Å². The van der Waals surface area contributed by atoms with E-state index in [4.69, 9.17) is 9.47 Å². The van der Waals surface area contributed by atoms with Crippen molar-refractivity contribution in [1.82, 2.24) is 5.32 Å². The van der Waals surface area contributed by atoms with Crippen molar-refractivity contribution >= 4 is 57.2 Å². The molecule has 3 aromatic rings. The first-order valence-electron chi connectivity index (χ1n) is 11.5. The summed E-state index contributed by atoms with van der Waals surface area (Å²) in [6.45, 7) is 7.09. The number of nitrogens with one attached hydrogen (secondary N) is 1. The molecule has 0 aliphatic carbocycles. The van der Waals surface area contributed by atoms with Gasteiger partial charge in [0, 0.05) is 0 Å². The zero-order valence-corrected chi connectivity index (χ0v) is 22.9. The van der Waals surface area contributed by atoms with Gasteiger partial charge in [-0.2, -0.15) is 0 Å². The number of thioether (sulfide) groups is 1. The first kappa shape index (κ1) is 25.3. The number of amidine groups is 1. The number of hydrogen-bond acceptors (Lipinski definition) is 5. The molecule has 1 saturated heterocycles. The van der Waals surface area contributed by atoms with Crippen LogP contribution in [-0.2, 0) is 17.8 Å². The molecule has 0 unspecified atom stereocenters. The number of carbonyl (C=O) groups is 1. The second kappa shape index (κ2) is 11.8. The van der Waals surface area contributed by atoms with Crippen LogP contribution in [-0.4, -0.2) is 17.7 Å². The first-order chi connectivity index (χ1) is 16.9. The molecule has 0 atom stereocenters. The van der Waals surface area contributed by atoms with Crippen molar-refractivity contribution in [3.8, 4) is 11.5 Å². The summed E-state index contributed by atoms with van der Waals surface area (Å²) in [6, 6.07) is 20.2. The fraction of sp³-hybridized carbons (Fsp3) is 0.214. The highest BCUT2D eigenvalue weighted by Crippen LogP contribution is 2.37. The predicted octanol–water partition coefficient (Wildman–Crippen LogP) is 7.03. The van der Waals surface area contributed by atoms with Gasteiger partial charge in [-0.25, -0.2) is 4.99 Å². The Kier molecular flexibility index (Phi) is 8.51. The zero-order chi connectivity index (χ0) is 24.8. The molecule has 1 amide bonds. The predicted molar refractivity (Wildman–Crippen MR) is 152 cm³/mol. The van der Waals surface area contributed by atoms with Crippen LogP contribution in [0.25, 0.3) is 6.08 Å². The number of aliphatic imine (C=N–C) groups is 1. The van der Waals surface area contributed by atoms with Crippen molar-refractivity contribution in [2.24, 2.45) is 4.99 Å². The Morgan fingerprint density at radius 1 is 1.03 bits per heavy atom. The molecule has 1 N–H and O–H groups in total. The minimum atomic E-state index is -0.160. The molecule has 0 aromatic heterocycles. The van der Waals surface area contributed by atoms with E-state index in [2.05, 4.69) is 71.0 Å². The summed E-state index contributed by atoms with van der Waals surface area (Å²) in [7, 11) is 0. The van der Waals surface area contributed by atoms with Crippen LogP contribution in [0.15, 0.2) is 70.6 Å². The van der Waals surface area contributed by atoms with Gasteiger partial charge in [-0.3, -0.25) is 4.79 Å². The highest BCUT2D eigenvalue weighted by Gasteiger charge is 2.24. The summed E-state index contributed by atoms with van der Waals surface area (Å²) in [6.07, 6.45) is 2.84. The van der Waals surface area contributed by atoms with E-state index in [0.717, 1.165) is 26.8 Å². The maximum atomic E-state index is 12.6. The van der Waals surface area contributed by atoms with Gasteiger partial charge in [0.25, 0.3) is 5.91 Å². The lowest BCUT2D eigenvalue weighted by Gasteiger charge is -2.15. The minimum absolute atomic E-state index is 0.160. The van der Waals surface area contributed by atoms with Crippen LogP contribution in [0.2, 0.25) is 0 Å². The summed E-state index contributed by atoms with van der Waals surface area (Å²) in [5, 5.41) is 3.43. The number of aryl methyl sites for hydroxylation is 2. The van der Waals surface area contributed by atoms with Crippen molar-refractivity contribution < 1.29 is 14.3 Å². The normalized spacial score (nSPS) is 15.5. The standard InChI is InChI=1S/C28H27IN2O3S/c1-4-19-9-11-22(12-10-19)30-28-31-27(32)25(35-28)16-21-14-23(29)26(24(15-21)33-5-2)34-17-20-8-6-7-18(3)13-20/h6-16H,4-5,17H2,1-3H3,(H,30,31,32)/b25-16-. The maximum absolute atomic E-state index is 12.6. The van der Waals surface area contributed by atoms with E-state index < -0.39 is 0 Å². The van der Waals surface area contributed by atoms with Gasteiger partial charge in [0.15, 0.2) is 16.7 Å². The van der Waals surface area contributed by atoms with Crippen LogP contribution in [0.5, 0.6) is 11.5 Å². The molecule has 0 spiro atoms. The first-order valence-corrected chi connectivity index (χ1v) is 13.4. The van der Waals surface area contributed by atoms with Crippen LogP contribution in [0, 0.1) is 10.5 Å². The van der Waals surface area contributed by atoms with Gasteiger partial charge in [-0.1, -0.05) is 48.9 Å².